The SMILES string of the molecule is COc1ccc(/C=c2\sc3n(c2=O)CN(c2ccc([N+](=O)[O-])cc2)CN=3)cc1. The van der Waals surface area contributed by atoms with Gasteiger partial charge in [0.05, 0.1) is 16.6 Å². The Morgan fingerprint density at radius 3 is 2.54 bits per heavy atom. The molecule has 8 nitrogen and oxygen atoms in total. The Balaban J connectivity index is 1.63. The Bertz CT molecular complexity index is 1200. The zero-order chi connectivity index (χ0) is 19.7. The van der Waals surface area contributed by atoms with Crippen molar-refractivity contribution in [2.24, 2.45) is 4.99 Å². The van der Waals surface area contributed by atoms with Crippen molar-refractivity contribution >= 4 is 28.8 Å². The third kappa shape index (κ3) is 3.39. The van der Waals surface area contributed by atoms with Crippen molar-refractivity contribution in [3.8, 4) is 5.75 Å². The summed E-state index contributed by atoms with van der Waals surface area (Å²) in [6, 6.07) is 13.7. The first kappa shape index (κ1) is 17.9. The Kier molecular flexibility index (Phi) is 4.66. The van der Waals surface area contributed by atoms with Crippen molar-refractivity contribution in [1.82, 2.24) is 4.57 Å². The van der Waals surface area contributed by atoms with E-state index in [1.54, 1.807) is 23.8 Å². The predicted octanol–water partition coefficient (Wildman–Crippen LogP) is 1.71. The molecule has 28 heavy (non-hydrogen) atoms. The maximum atomic E-state index is 12.8. The van der Waals surface area contributed by atoms with Gasteiger partial charge in [-0.05, 0) is 35.9 Å². The number of rotatable bonds is 4. The average Bonchev–Trinajstić information content (AvgIpc) is 3.03. The number of hydrogen-bond donors (Lipinski definition) is 0. The molecule has 0 spiro atoms. The van der Waals surface area contributed by atoms with Gasteiger partial charge in [-0.3, -0.25) is 19.5 Å². The fourth-order valence-electron chi connectivity index (χ4n) is 2.91. The Hall–Kier alpha value is -3.46. The number of anilines is 1. The van der Waals surface area contributed by atoms with Crippen molar-refractivity contribution in [3.05, 3.63) is 83.9 Å². The summed E-state index contributed by atoms with van der Waals surface area (Å²) in [5, 5.41) is 10.8. The maximum absolute atomic E-state index is 12.8. The zero-order valence-electron chi connectivity index (χ0n) is 14.9. The van der Waals surface area contributed by atoms with E-state index in [0.717, 1.165) is 17.0 Å². The second-order valence-corrected chi connectivity index (χ2v) is 7.16. The van der Waals surface area contributed by atoms with E-state index in [0.29, 0.717) is 22.7 Å². The van der Waals surface area contributed by atoms with E-state index in [2.05, 4.69) is 4.99 Å². The molecule has 2 heterocycles. The lowest BCUT2D eigenvalue weighted by molar-refractivity contribution is -0.384. The minimum Gasteiger partial charge on any atom is -0.497 e. The van der Waals surface area contributed by atoms with Crippen LogP contribution in [0.2, 0.25) is 0 Å². The molecule has 4 rings (SSSR count). The number of fused-ring (bicyclic) bond motifs is 1. The van der Waals surface area contributed by atoms with Crippen LogP contribution in [0.15, 0.2) is 58.3 Å². The van der Waals surface area contributed by atoms with Crippen LogP contribution in [0.1, 0.15) is 5.56 Å². The number of nitrogens with zero attached hydrogens (tertiary/aromatic N) is 4. The lowest BCUT2D eigenvalue weighted by Gasteiger charge is -2.25. The van der Waals surface area contributed by atoms with Gasteiger partial charge < -0.3 is 9.64 Å². The van der Waals surface area contributed by atoms with Gasteiger partial charge in [-0.25, -0.2) is 4.99 Å². The van der Waals surface area contributed by atoms with Crippen LogP contribution in [-0.2, 0) is 6.67 Å². The van der Waals surface area contributed by atoms with E-state index in [1.165, 1.54) is 23.5 Å². The molecule has 142 valence electrons. The van der Waals surface area contributed by atoms with Gasteiger partial charge in [-0.2, -0.15) is 0 Å². The van der Waals surface area contributed by atoms with Gasteiger partial charge in [-0.1, -0.05) is 23.5 Å². The highest BCUT2D eigenvalue weighted by Crippen LogP contribution is 2.20. The maximum Gasteiger partial charge on any atom is 0.271 e. The van der Waals surface area contributed by atoms with Crippen molar-refractivity contribution in [3.63, 3.8) is 0 Å². The Labute approximate surface area is 163 Å². The van der Waals surface area contributed by atoms with Crippen molar-refractivity contribution in [2.75, 3.05) is 18.7 Å². The van der Waals surface area contributed by atoms with E-state index in [1.807, 2.05) is 35.2 Å². The van der Waals surface area contributed by atoms with E-state index in [4.69, 9.17) is 4.74 Å². The van der Waals surface area contributed by atoms with E-state index in [9.17, 15) is 14.9 Å². The summed E-state index contributed by atoms with van der Waals surface area (Å²) < 4.78 is 7.37. The summed E-state index contributed by atoms with van der Waals surface area (Å²) in [6.07, 6.45) is 1.84. The van der Waals surface area contributed by atoms with Gasteiger partial charge in [0.15, 0.2) is 4.80 Å². The van der Waals surface area contributed by atoms with Crippen molar-refractivity contribution in [1.29, 1.82) is 0 Å². The molecule has 3 aromatic rings. The van der Waals surface area contributed by atoms with Gasteiger partial charge in [0.2, 0.25) is 0 Å². The van der Waals surface area contributed by atoms with Gasteiger partial charge in [-0.15, -0.1) is 0 Å². The second kappa shape index (κ2) is 7.28. The molecule has 1 aromatic heterocycles. The third-order valence-electron chi connectivity index (χ3n) is 4.42. The van der Waals surface area contributed by atoms with E-state index in [-0.39, 0.29) is 11.2 Å². The number of ether oxygens (including phenoxy) is 1. The topological polar surface area (TPSA) is 90.0 Å². The number of nitro groups is 1. The number of aromatic nitrogens is 1. The molecular formula is C19H16N4O4S. The predicted molar refractivity (Wildman–Crippen MR) is 106 cm³/mol. The molecule has 0 radical (unpaired) electrons. The second-order valence-electron chi connectivity index (χ2n) is 6.15. The van der Waals surface area contributed by atoms with Crippen LogP contribution in [0, 0.1) is 10.1 Å². The smallest absolute Gasteiger partial charge is 0.271 e. The molecule has 0 bridgehead atoms. The molecule has 0 saturated carbocycles. The molecule has 1 aliphatic heterocycles. The van der Waals surface area contributed by atoms with Crippen LogP contribution in [0.3, 0.4) is 0 Å². The Morgan fingerprint density at radius 2 is 1.89 bits per heavy atom. The fourth-order valence-corrected chi connectivity index (χ4v) is 3.87. The quantitative estimate of drug-likeness (QED) is 0.495. The molecule has 0 atom stereocenters. The molecule has 2 aromatic carbocycles. The average molecular weight is 396 g/mol. The summed E-state index contributed by atoms with van der Waals surface area (Å²) in [4.78, 5) is 30.2. The van der Waals surface area contributed by atoms with Crippen LogP contribution in [-0.4, -0.2) is 23.3 Å². The molecule has 0 amide bonds. The van der Waals surface area contributed by atoms with Gasteiger partial charge in [0.1, 0.15) is 19.1 Å². The summed E-state index contributed by atoms with van der Waals surface area (Å²) in [6.45, 7) is 0.738. The summed E-state index contributed by atoms with van der Waals surface area (Å²) in [5.41, 5.74) is 1.61. The van der Waals surface area contributed by atoms with Gasteiger partial charge in [0, 0.05) is 17.8 Å². The van der Waals surface area contributed by atoms with Crippen molar-refractivity contribution < 1.29 is 9.66 Å². The fraction of sp³-hybridized carbons (Fsp3) is 0.158. The highest BCUT2D eigenvalue weighted by Gasteiger charge is 2.16. The highest BCUT2D eigenvalue weighted by atomic mass is 32.1. The van der Waals surface area contributed by atoms with Gasteiger partial charge in [0.25, 0.3) is 11.2 Å². The first-order chi connectivity index (χ1) is 13.5. The lowest BCUT2D eigenvalue weighted by Crippen LogP contribution is -2.42. The molecule has 9 heteroatoms. The third-order valence-corrected chi connectivity index (χ3v) is 5.46. The number of thiazole rings is 1. The summed E-state index contributed by atoms with van der Waals surface area (Å²) in [7, 11) is 1.61. The van der Waals surface area contributed by atoms with Crippen molar-refractivity contribution in [2.45, 2.75) is 6.67 Å². The van der Waals surface area contributed by atoms with Crippen LogP contribution in [0.25, 0.3) is 6.08 Å². The molecule has 0 aliphatic carbocycles. The minimum absolute atomic E-state index is 0.0301. The molecule has 0 N–H and O–H groups in total. The van der Waals surface area contributed by atoms with Crippen LogP contribution in [0.5, 0.6) is 5.75 Å². The first-order valence-corrected chi connectivity index (χ1v) is 9.26. The van der Waals surface area contributed by atoms with E-state index >= 15 is 0 Å². The molecule has 0 fully saturated rings. The largest absolute Gasteiger partial charge is 0.497 e. The molecule has 1 aliphatic rings. The van der Waals surface area contributed by atoms with E-state index < -0.39 is 4.92 Å². The highest BCUT2D eigenvalue weighted by molar-refractivity contribution is 7.07. The number of methoxy groups -OCH3 is 1. The number of benzene rings is 2. The standard InChI is InChI=1S/C19H16N4O4S/c1-27-16-8-2-13(3-9-16)10-17-18(24)22-12-21(11-20-19(22)28-17)14-4-6-15(7-5-14)23(25)26/h2-10H,11-12H2,1H3/b17-10-. The summed E-state index contributed by atoms with van der Waals surface area (Å²) >= 11 is 1.35. The minimum atomic E-state index is -0.437. The molecule has 0 unspecified atom stereocenters. The first-order valence-electron chi connectivity index (χ1n) is 8.44. The molecular weight excluding hydrogens is 380 g/mol. The lowest BCUT2D eigenvalue weighted by atomic mass is 10.2. The zero-order valence-corrected chi connectivity index (χ0v) is 15.8. The van der Waals surface area contributed by atoms with Crippen LogP contribution < -0.4 is 24.5 Å². The summed E-state index contributed by atoms with van der Waals surface area (Å²) in [5.74, 6) is 0.757. The monoisotopic (exact) mass is 396 g/mol. The molecule has 0 saturated heterocycles. The normalized spacial score (nSPS) is 13.8. The number of hydrogen-bond acceptors (Lipinski definition) is 7. The number of nitro benzene ring substituents is 1. The number of non-ortho nitro benzene ring substituents is 1. The van der Waals surface area contributed by atoms with Crippen LogP contribution in [0.4, 0.5) is 11.4 Å². The Morgan fingerprint density at radius 1 is 1.18 bits per heavy atom. The van der Waals surface area contributed by atoms with Gasteiger partial charge >= 0.3 is 0 Å². The van der Waals surface area contributed by atoms with Crippen LogP contribution >= 0.6 is 11.3 Å².